The first-order valence-corrected chi connectivity index (χ1v) is 8.30. The molecule has 0 aromatic heterocycles. The standard InChI is InChI=1S/C14H14Cl2N2O2S/c1-8-6-7-10(15)13(12(8)16)18-21(19,20)14-9(2)4-3-5-11(14)17/h3-7,18H,17H2,1-2H3. The van der Waals surface area contributed by atoms with Gasteiger partial charge in [-0.15, -0.1) is 0 Å². The SMILES string of the molecule is Cc1ccc(Cl)c(NS(=O)(=O)c2c(C)cccc2N)c1Cl. The van der Waals surface area contributed by atoms with Gasteiger partial charge in [0.05, 0.1) is 21.4 Å². The van der Waals surface area contributed by atoms with Crippen LogP contribution >= 0.6 is 23.2 Å². The molecule has 21 heavy (non-hydrogen) atoms. The Balaban J connectivity index is 2.56. The predicted molar refractivity (Wildman–Crippen MR) is 87.6 cm³/mol. The molecule has 0 bridgehead atoms. The van der Waals surface area contributed by atoms with Crippen molar-refractivity contribution in [2.45, 2.75) is 18.7 Å². The molecule has 0 amide bonds. The van der Waals surface area contributed by atoms with Gasteiger partial charge < -0.3 is 5.73 Å². The monoisotopic (exact) mass is 344 g/mol. The van der Waals surface area contributed by atoms with Crippen LogP contribution in [0.3, 0.4) is 0 Å². The van der Waals surface area contributed by atoms with Gasteiger partial charge >= 0.3 is 0 Å². The second-order valence-corrected chi connectivity index (χ2v) is 7.06. The van der Waals surface area contributed by atoms with Crippen molar-refractivity contribution >= 4 is 44.6 Å². The minimum Gasteiger partial charge on any atom is -0.398 e. The van der Waals surface area contributed by atoms with Gasteiger partial charge in [0.25, 0.3) is 10.0 Å². The lowest BCUT2D eigenvalue weighted by molar-refractivity contribution is 0.601. The number of anilines is 2. The van der Waals surface area contributed by atoms with Crippen molar-refractivity contribution in [1.82, 2.24) is 0 Å². The third kappa shape index (κ3) is 3.10. The number of nitrogens with two attached hydrogens (primary N) is 1. The van der Waals surface area contributed by atoms with Crippen LogP contribution in [-0.4, -0.2) is 8.42 Å². The molecule has 0 fully saturated rings. The number of nitrogens with one attached hydrogen (secondary N) is 1. The second kappa shape index (κ2) is 5.75. The van der Waals surface area contributed by atoms with Crippen molar-refractivity contribution in [3.63, 3.8) is 0 Å². The minimum atomic E-state index is -3.88. The normalized spacial score (nSPS) is 11.4. The maximum atomic E-state index is 12.6. The average molecular weight is 345 g/mol. The van der Waals surface area contributed by atoms with Crippen molar-refractivity contribution in [2.24, 2.45) is 0 Å². The van der Waals surface area contributed by atoms with Gasteiger partial charge in [-0.2, -0.15) is 0 Å². The number of nitrogen functional groups attached to an aromatic ring is 1. The van der Waals surface area contributed by atoms with Gasteiger partial charge in [0, 0.05) is 0 Å². The highest BCUT2D eigenvalue weighted by atomic mass is 35.5. The van der Waals surface area contributed by atoms with Crippen molar-refractivity contribution in [3.05, 3.63) is 51.5 Å². The Bertz CT molecular complexity index is 785. The molecule has 0 unspecified atom stereocenters. The molecule has 0 saturated heterocycles. The number of aryl methyl sites for hydroxylation is 2. The summed E-state index contributed by atoms with van der Waals surface area (Å²) >= 11 is 12.2. The van der Waals surface area contributed by atoms with Crippen LogP contribution in [-0.2, 0) is 10.0 Å². The summed E-state index contributed by atoms with van der Waals surface area (Å²) < 4.78 is 27.5. The van der Waals surface area contributed by atoms with Crippen LogP contribution in [0.2, 0.25) is 10.0 Å². The molecular formula is C14H14Cl2N2O2S. The first-order valence-electron chi connectivity index (χ1n) is 6.06. The van der Waals surface area contributed by atoms with Gasteiger partial charge in [0.2, 0.25) is 0 Å². The summed E-state index contributed by atoms with van der Waals surface area (Å²) in [6, 6.07) is 8.19. The molecule has 7 heteroatoms. The van der Waals surface area contributed by atoms with E-state index in [0.29, 0.717) is 5.56 Å². The lowest BCUT2D eigenvalue weighted by Gasteiger charge is -2.15. The first-order chi connectivity index (χ1) is 9.74. The predicted octanol–water partition coefficient (Wildman–Crippen LogP) is 3.99. The third-order valence-electron chi connectivity index (χ3n) is 3.03. The molecule has 2 rings (SSSR count). The molecule has 0 aliphatic heterocycles. The van der Waals surface area contributed by atoms with E-state index in [0.717, 1.165) is 5.56 Å². The topological polar surface area (TPSA) is 72.2 Å². The van der Waals surface area contributed by atoms with Crippen LogP contribution in [0.4, 0.5) is 11.4 Å². The van der Waals surface area contributed by atoms with Crippen LogP contribution in [0.5, 0.6) is 0 Å². The van der Waals surface area contributed by atoms with E-state index in [9.17, 15) is 8.42 Å². The number of sulfonamides is 1. The van der Waals surface area contributed by atoms with Crippen LogP contribution in [0.1, 0.15) is 11.1 Å². The highest BCUT2D eigenvalue weighted by Crippen LogP contribution is 2.35. The Morgan fingerprint density at radius 3 is 2.33 bits per heavy atom. The van der Waals surface area contributed by atoms with E-state index < -0.39 is 10.0 Å². The van der Waals surface area contributed by atoms with Crippen LogP contribution in [0.15, 0.2) is 35.2 Å². The molecule has 2 aromatic rings. The Morgan fingerprint density at radius 2 is 1.71 bits per heavy atom. The van der Waals surface area contributed by atoms with E-state index in [1.54, 1.807) is 38.1 Å². The molecule has 0 heterocycles. The van der Waals surface area contributed by atoms with Crippen LogP contribution < -0.4 is 10.5 Å². The van der Waals surface area contributed by atoms with Crippen LogP contribution in [0, 0.1) is 13.8 Å². The molecule has 0 spiro atoms. The molecule has 112 valence electrons. The van der Waals surface area contributed by atoms with E-state index in [-0.39, 0.29) is 26.3 Å². The van der Waals surface area contributed by atoms with E-state index in [2.05, 4.69) is 4.72 Å². The average Bonchev–Trinajstić information content (AvgIpc) is 2.39. The Hall–Kier alpha value is -1.43. The number of halogens is 2. The Labute approximate surface area is 133 Å². The van der Waals surface area contributed by atoms with E-state index in [1.807, 2.05) is 0 Å². The zero-order valence-electron chi connectivity index (χ0n) is 11.4. The largest absolute Gasteiger partial charge is 0.398 e. The lowest BCUT2D eigenvalue weighted by atomic mass is 10.2. The summed E-state index contributed by atoms with van der Waals surface area (Å²) in [5.74, 6) is 0. The molecule has 0 radical (unpaired) electrons. The summed E-state index contributed by atoms with van der Waals surface area (Å²) in [7, 11) is -3.88. The number of benzene rings is 2. The number of rotatable bonds is 3. The second-order valence-electron chi connectivity index (χ2n) is 4.65. The zero-order valence-corrected chi connectivity index (χ0v) is 13.8. The van der Waals surface area contributed by atoms with Gasteiger partial charge in [-0.25, -0.2) is 8.42 Å². The molecule has 0 aliphatic rings. The van der Waals surface area contributed by atoms with Crippen molar-refractivity contribution in [3.8, 4) is 0 Å². The first kappa shape index (κ1) is 15.9. The van der Waals surface area contributed by atoms with Crippen molar-refractivity contribution in [1.29, 1.82) is 0 Å². The summed E-state index contributed by atoms with van der Waals surface area (Å²) in [5.41, 5.74) is 7.37. The fourth-order valence-electron chi connectivity index (χ4n) is 1.98. The number of hydrogen-bond acceptors (Lipinski definition) is 3. The van der Waals surface area contributed by atoms with Gasteiger partial charge in [0.15, 0.2) is 0 Å². The van der Waals surface area contributed by atoms with Gasteiger partial charge in [-0.3, -0.25) is 4.72 Å². The quantitative estimate of drug-likeness (QED) is 0.826. The Morgan fingerprint density at radius 1 is 1.05 bits per heavy atom. The highest BCUT2D eigenvalue weighted by Gasteiger charge is 2.22. The van der Waals surface area contributed by atoms with E-state index in [4.69, 9.17) is 28.9 Å². The summed E-state index contributed by atoms with van der Waals surface area (Å²) in [6.07, 6.45) is 0. The van der Waals surface area contributed by atoms with Gasteiger partial charge in [-0.1, -0.05) is 41.4 Å². The molecule has 0 aliphatic carbocycles. The van der Waals surface area contributed by atoms with Crippen molar-refractivity contribution < 1.29 is 8.42 Å². The van der Waals surface area contributed by atoms with Crippen LogP contribution in [0.25, 0.3) is 0 Å². The van der Waals surface area contributed by atoms with Crippen molar-refractivity contribution in [2.75, 3.05) is 10.5 Å². The maximum absolute atomic E-state index is 12.6. The molecule has 4 nitrogen and oxygen atoms in total. The molecule has 2 aromatic carbocycles. The Kier molecular flexibility index (Phi) is 4.37. The molecule has 3 N–H and O–H groups in total. The van der Waals surface area contributed by atoms with E-state index in [1.165, 1.54) is 6.07 Å². The molecular weight excluding hydrogens is 331 g/mol. The van der Waals surface area contributed by atoms with E-state index >= 15 is 0 Å². The summed E-state index contributed by atoms with van der Waals surface area (Å²) in [5, 5.41) is 0.486. The highest BCUT2D eigenvalue weighted by molar-refractivity contribution is 7.93. The number of hydrogen-bond donors (Lipinski definition) is 2. The summed E-state index contributed by atoms with van der Waals surface area (Å²) in [6.45, 7) is 3.43. The smallest absolute Gasteiger partial charge is 0.264 e. The summed E-state index contributed by atoms with van der Waals surface area (Å²) in [4.78, 5) is 0.0265. The fourth-order valence-corrected chi connectivity index (χ4v) is 4.01. The van der Waals surface area contributed by atoms with Gasteiger partial charge in [0.1, 0.15) is 4.90 Å². The lowest BCUT2D eigenvalue weighted by Crippen LogP contribution is -2.17. The third-order valence-corrected chi connectivity index (χ3v) is 5.40. The molecule has 0 atom stereocenters. The molecule has 0 saturated carbocycles. The fraction of sp³-hybridized carbons (Fsp3) is 0.143. The zero-order chi connectivity index (χ0) is 15.8. The minimum absolute atomic E-state index is 0.0265. The van der Waals surface area contributed by atoms with Gasteiger partial charge in [-0.05, 0) is 37.1 Å². The maximum Gasteiger partial charge on any atom is 0.264 e.